The predicted molar refractivity (Wildman–Crippen MR) is 80.1 cm³/mol. The summed E-state index contributed by atoms with van der Waals surface area (Å²) in [5, 5.41) is 9.01. The van der Waals surface area contributed by atoms with Gasteiger partial charge >= 0.3 is 12.1 Å². The van der Waals surface area contributed by atoms with Gasteiger partial charge < -0.3 is 14.6 Å². The number of halogens is 3. The van der Waals surface area contributed by atoms with E-state index in [1.54, 1.807) is 35.4 Å². The largest absolute Gasteiger partial charge is 0.481 e. The molecule has 1 saturated heterocycles. The van der Waals surface area contributed by atoms with Crippen LogP contribution in [0.4, 0.5) is 13.2 Å². The van der Waals surface area contributed by atoms with Gasteiger partial charge in [0, 0.05) is 36.7 Å². The number of aromatic nitrogens is 2. The molecule has 25 heavy (non-hydrogen) atoms. The Balaban J connectivity index is 1.78. The van der Waals surface area contributed by atoms with Crippen LogP contribution in [0.1, 0.15) is 10.4 Å². The zero-order valence-electron chi connectivity index (χ0n) is 12.8. The maximum absolute atomic E-state index is 13.0. The molecule has 2 aromatic rings. The number of likely N-dealkylation sites (tertiary alicyclic amines) is 1. The third-order valence-corrected chi connectivity index (χ3v) is 4.26. The second-order valence-electron chi connectivity index (χ2n) is 5.82. The molecule has 0 unspecified atom stereocenters. The molecule has 1 fully saturated rings. The van der Waals surface area contributed by atoms with Crippen LogP contribution in [0.25, 0.3) is 5.69 Å². The van der Waals surface area contributed by atoms with Gasteiger partial charge in [-0.15, -0.1) is 0 Å². The number of nitrogens with zero attached hydrogens (tertiary/aromatic N) is 3. The van der Waals surface area contributed by atoms with Crippen LogP contribution in [0.5, 0.6) is 0 Å². The average Bonchev–Trinajstić information content (AvgIpc) is 3.23. The molecule has 2 atom stereocenters. The van der Waals surface area contributed by atoms with Crippen molar-refractivity contribution in [1.29, 1.82) is 0 Å². The number of carbonyl (C=O) groups is 2. The maximum atomic E-state index is 13.0. The number of amides is 1. The molecule has 1 N–H and O–H groups in total. The van der Waals surface area contributed by atoms with Crippen LogP contribution in [0.15, 0.2) is 43.0 Å². The molecule has 0 spiro atoms. The van der Waals surface area contributed by atoms with E-state index in [1.807, 2.05) is 0 Å². The fraction of sp³-hybridized carbons (Fsp3) is 0.312. The molecule has 9 heteroatoms. The lowest BCUT2D eigenvalue weighted by Crippen LogP contribution is -2.34. The van der Waals surface area contributed by atoms with Crippen molar-refractivity contribution in [1.82, 2.24) is 14.5 Å². The highest BCUT2D eigenvalue weighted by molar-refractivity contribution is 5.95. The number of hydrogen-bond acceptors (Lipinski definition) is 3. The Morgan fingerprint density at radius 3 is 2.32 bits per heavy atom. The number of carboxylic acids is 1. The van der Waals surface area contributed by atoms with Crippen LogP contribution in [0.2, 0.25) is 0 Å². The number of carboxylic acid groups (broad SMARTS) is 1. The highest BCUT2D eigenvalue weighted by Gasteiger charge is 2.53. The summed E-state index contributed by atoms with van der Waals surface area (Å²) in [5.74, 6) is -5.86. The summed E-state index contributed by atoms with van der Waals surface area (Å²) in [4.78, 5) is 28.4. The Kier molecular flexibility index (Phi) is 4.23. The summed E-state index contributed by atoms with van der Waals surface area (Å²) in [6, 6.07) is 6.27. The lowest BCUT2D eigenvalue weighted by molar-refractivity contribution is -0.187. The van der Waals surface area contributed by atoms with Crippen molar-refractivity contribution in [3.05, 3.63) is 48.5 Å². The Labute approximate surface area is 140 Å². The molecule has 132 valence electrons. The summed E-state index contributed by atoms with van der Waals surface area (Å²) >= 11 is 0. The molecule has 6 nitrogen and oxygen atoms in total. The lowest BCUT2D eigenvalue weighted by atomic mass is 9.96. The SMILES string of the molecule is O=C(O)[C@@H]1CN(C(=O)c2ccc(-n3ccnc3)cc2)C[C@H]1C(F)(F)F. The van der Waals surface area contributed by atoms with E-state index in [2.05, 4.69) is 4.98 Å². The van der Waals surface area contributed by atoms with E-state index in [0.29, 0.717) is 0 Å². The zero-order chi connectivity index (χ0) is 18.2. The Morgan fingerprint density at radius 1 is 1.16 bits per heavy atom. The first-order valence-corrected chi connectivity index (χ1v) is 7.44. The monoisotopic (exact) mass is 353 g/mol. The van der Waals surface area contributed by atoms with Crippen molar-refractivity contribution < 1.29 is 27.9 Å². The molecule has 1 aliphatic heterocycles. The highest BCUT2D eigenvalue weighted by Crippen LogP contribution is 2.38. The first kappa shape index (κ1) is 17.0. The van der Waals surface area contributed by atoms with Gasteiger partial charge in [-0.3, -0.25) is 9.59 Å². The van der Waals surface area contributed by atoms with Gasteiger partial charge in [0.15, 0.2) is 0 Å². The van der Waals surface area contributed by atoms with E-state index in [4.69, 9.17) is 5.11 Å². The van der Waals surface area contributed by atoms with Crippen molar-refractivity contribution in [3.8, 4) is 5.69 Å². The molecule has 0 radical (unpaired) electrons. The lowest BCUT2D eigenvalue weighted by Gasteiger charge is -2.18. The normalized spacial score (nSPS) is 20.7. The van der Waals surface area contributed by atoms with Crippen LogP contribution in [-0.2, 0) is 4.79 Å². The number of aliphatic carboxylic acids is 1. The molecule has 1 aromatic heterocycles. The smallest absolute Gasteiger partial charge is 0.394 e. The van der Waals surface area contributed by atoms with E-state index in [1.165, 1.54) is 12.1 Å². The topological polar surface area (TPSA) is 75.4 Å². The summed E-state index contributed by atoms with van der Waals surface area (Å²) in [7, 11) is 0. The maximum Gasteiger partial charge on any atom is 0.394 e. The quantitative estimate of drug-likeness (QED) is 0.918. The van der Waals surface area contributed by atoms with Crippen molar-refractivity contribution in [2.45, 2.75) is 6.18 Å². The predicted octanol–water partition coefficient (Wildman–Crippen LogP) is 2.21. The van der Waals surface area contributed by atoms with E-state index < -0.39 is 43.0 Å². The van der Waals surface area contributed by atoms with E-state index in [0.717, 1.165) is 10.6 Å². The number of hydrogen-bond donors (Lipinski definition) is 1. The molecule has 0 bridgehead atoms. The van der Waals surface area contributed by atoms with Gasteiger partial charge in [0.05, 0.1) is 18.2 Å². The minimum absolute atomic E-state index is 0.204. The highest BCUT2D eigenvalue weighted by atomic mass is 19.4. The van der Waals surface area contributed by atoms with Crippen molar-refractivity contribution >= 4 is 11.9 Å². The molecule has 0 aliphatic carbocycles. The fourth-order valence-corrected chi connectivity index (χ4v) is 2.92. The van der Waals surface area contributed by atoms with E-state index in [-0.39, 0.29) is 5.56 Å². The Hall–Kier alpha value is -2.84. The van der Waals surface area contributed by atoms with Crippen molar-refractivity contribution in [2.24, 2.45) is 11.8 Å². The standard InChI is InChI=1S/C16H14F3N3O3/c17-16(18,19)13-8-22(7-12(13)15(24)25)14(23)10-1-3-11(4-2-10)21-6-5-20-9-21/h1-6,9,12-13H,7-8H2,(H,24,25)/t12-,13-/m1/s1. The minimum atomic E-state index is -4.66. The summed E-state index contributed by atoms with van der Waals surface area (Å²) in [5.41, 5.74) is 0.947. The number of benzene rings is 1. The van der Waals surface area contributed by atoms with Crippen molar-refractivity contribution in [3.63, 3.8) is 0 Å². The van der Waals surface area contributed by atoms with Crippen molar-refractivity contribution in [2.75, 3.05) is 13.1 Å². The molecule has 1 amide bonds. The third-order valence-electron chi connectivity index (χ3n) is 4.26. The van der Waals surface area contributed by atoms with Crippen LogP contribution >= 0.6 is 0 Å². The van der Waals surface area contributed by atoms with Gasteiger partial charge in [-0.25, -0.2) is 4.98 Å². The Morgan fingerprint density at radius 2 is 1.84 bits per heavy atom. The van der Waals surface area contributed by atoms with Gasteiger partial charge in [0.1, 0.15) is 0 Å². The van der Waals surface area contributed by atoms with Gasteiger partial charge in [0.25, 0.3) is 5.91 Å². The first-order chi connectivity index (χ1) is 11.8. The third kappa shape index (κ3) is 3.35. The Bertz CT molecular complexity index is 772. The fourth-order valence-electron chi connectivity index (χ4n) is 2.92. The molecule has 3 rings (SSSR count). The summed E-state index contributed by atoms with van der Waals surface area (Å²) in [6.07, 6.45) is 0.210. The van der Waals surface area contributed by atoms with E-state index >= 15 is 0 Å². The molecular formula is C16H14F3N3O3. The van der Waals surface area contributed by atoms with Crippen LogP contribution in [0, 0.1) is 11.8 Å². The van der Waals surface area contributed by atoms with Gasteiger partial charge in [-0.05, 0) is 24.3 Å². The summed E-state index contributed by atoms with van der Waals surface area (Å²) in [6.45, 7) is -1.11. The second-order valence-corrected chi connectivity index (χ2v) is 5.82. The van der Waals surface area contributed by atoms with Gasteiger partial charge in [-0.1, -0.05) is 0 Å². The zero-order valence-corrected chi connectivity index (χ0v) is 12.8. The molecule has 1 aliphatic rings. The molecule has 1 aromatic carbocycles. The van der Waals surface area contributed by atoms with E-state index in [9.17, 15) is 22.8 Å². The van der Waals surface area contributed by atoms with Crippen LogP contribution < -0.4 is 0 Å². The first-order valence-electron chi connectivity index (χ1n) is 7.44. The summed E-state index contributed by atoms with van der Waals surface area (Å²) < 4.78 is 40.7. The van der Waals surface area contributed by atoms with Crippen LogP contribution in [-0.4, -0.2) is 50.7 Å². The number of alkyl halides is 3. The van der Waals surface area contributed by atoms with Gasteiger partial charge in [-0.2, -0.15) is 13.2 Å². The minimum Gasteiger partial charge on any atom is -0.481 e. The van der Waals surface area contributed by atoms with Crippen LogP contribution in [0.3, 0.4) is 0 Å². The number of rotatable bonds is 3. The number of carbonyl (C=O) groups excluding carboxylic acids is 1. The second kappa shape index (κ2) is 6.23. The average molecular weight is 353 g/mol. The van der Waals surface area contributed by atoms with Gasteiger partial charge in [0.2, 0.25) is 0 Å². The number of imidazole rings is 1. The molecule has 2 heterocycles. The molecule has 0 saturated carbocycles. The molecular weight excluding hydrogens is 339 g/mol.